The lowest BCUT2D eigenvalue weighted by atomic mass is 9.64. The zero-order chi connectivity index (χ0) is 47.3. The number of aromatic hydroxyl groups is 2. The van der Waals surface area contributed by atoms with Gasteiger partial charge in [-0.1, -0.05) is 54.5 Å². The maximum absolute atomic E-state index is 12.7. The van der Waals surface area contributed by atoms with Gasteiger partial charge in [0.1, 0.15) is 47.6 Å². The Morgan fingerprint density at radius 1 is 1.01 bits per heavy atom. The molecule has 0 saturated heterocycles. The van der Waals surface area contributed by atoms with E-state index in [1.807, 2.05) is 32.3 Å². The van der Waals surface area contributed by atoms with Crippen molar-refractivity contribution in [3.63, 3.8) is 0 Å². The van der Waals surface area contributed by atoms with Crippen LogP contribution in [0.1, 0.15) is 108 Å². The summed E-state index contributed by atoms with van der Waals surface area (Å²) in [4.78, 5) is 17.7. The smallest absolute Gasteiger partial charge is 0.302 e. The Kier molecular flexibility index (Phi) is 12.2. The van der Waals surface area contributed by atoms with Gasteiger partial charge >= 0.3 is 5.97 Å². The Morgan fingerprint density at radius 2 is 1.85 bits per heavy atom. The third kappa shape index (κ3) is 7.95. The van der Waals surface area contributed by atoms with E-state index in [1.54, 1.807) is 19.2 Å². The van der Waals surface area contributed by atoms with Gasteiger partial charge in [-0.15, -0.1) is 0 Å². The van der Waals surface area contributed by atoms with Gasteiger partial charge in [-0.2, -0.15) is 0 Å². The highest BCUT2D eigenvalue weighted by atomic mass is 16.5. The summed E-state index contributed by atoms with van der Waals surface area (Å²) in [6.07, 6.45) is 8.31. The van der Waals surface area contributed by atoms with Crippen molar-refractivity contribution in [1.82, 2.24) is 15.6 Å². The Morgan fingerprint density at radius 3 is 2.65 bits per heavy atom. The standard InChI is InChI=1S/C56H61N5O7/c1-6-60-43-12-8-7-10-32(43)14-15-37-34-22-23-56(27-34)28-35-24-36(63)26-47(65-5)50(35)40-17-16-39-42(30-66-31(2)62)54(68-55(39)52(40)56)51-33(11-9-13-44-38(37)19-21-49(57)61-44)25-46(64)53-41(51)18-20-45(59-4)48(67-53)29-58-3/h7-8,10,12,16-21,24-26,34,37,42,45,48,54,58-60,63-64H,6,11,14-15,22-23,27-30H2,1-5H3,(H2,57,61). The zero-order valence-electron chi connectivity index (χ0n) is 39.5. The number of methoxy groups -OCH3 is 1. The van der Waals surface area contributed by atoms with Crippen molar-refractivity contribution in [2.75, 3.05) is 52.0 Å². The van der Waals surface area contributed by atoms with Gasteiger partial charge in [0.25, 0.3) is 0 Å². The van der Waals surface area contributed by atoms with Crippen molar-refractivity contribution < 1.29 is 34.0 Å². The van der Waals surface area contributed by atoms with E-state index in [4.69, 9.17) is 29.7 Å². The second-order valence-corrected chi connectivity index (χ2v) is 19.1. The number of carbonyl (C=O) groups excluding carboxylic acids is 1. The molecule has 5 aromatic rings. The summed E-state index contributed by atoms with van der Waals surface area (Å²) in [5.74, 6) is 8.76. The van der Waals surface area contributed by atoms with Gasteiger partial charge in [0.2, 0.25) is 0 Å². The number of phenolic OH excluding ortho intramolecular Hbond substituents is 2. The maximum atomic E-state index is 12.7. The van der Waals surface area contributed by atoms with E-state index in [9.17, 15) is 15.0 Å². The molecule has 4 aromatic carbocycles. The van der Waals surface area contributed by atoms with Crippen LogP contribution in [0.3, 0.4) is 0 Å². The van der Waals surface area contributed by atoms with Crippen LogP contribution in [0.15, 0.2) is 72.8 Å². The molecule has 7 unspecified atom stereocenters. The van der Waals surface area contributed by atoms with Crippen LogP contribution in [0.4, 0.5) is 11.5 Å². The number of esters is 1. The molecule has 1 fully saturated rings. The molecule has 4 heterocycles. The number of anilines is 2. The van der Waals surface area contributed by atoms with Crippen LogP contribution >= 0.6 is 0 Å². The fourth-order valence-corrected chi connectivity index (χ4v) is 12.3. The lowest BCUT2D eigenvalue weighted by Crippen LogP contribution is -2.44. The maximum Gasteiger partial charge on any atom is 0.302 e. The predicted octanol–water partition coefficient (Wildman–Crippen LogP) is 8.46. The van der Waals surface area contributed by atoms with Gasteiger partial charge in [0, 0.05) is 71.4 Å². The van der Waals surface area contributed by atoms with Gasteiger partial charge in [-0.05, 0) is 129 Å². The highest BCUT2D eigenvalue weighted by Gasteiger charge is 2.52. The van der Waals surface area contributed by atoms with E-state index < -0.39 is 17.4 Å². The highest BCUT2D eigenvalue weighted by Crippen LogP contribution is 2.64. The highest BCUT2D eigenvalue weighted by molar-refractivity contribution is 5.85. The molecular weight excluding hydrogens is 855 g/mol. The summed E-state index contributed by atoms with van der Waals surface area (Å²) in [7, 11) is 5.42. The van der Waals surface area contributed by atoms with Crippen molar-refractivity contribution in [3.05, 3.63) is 123 Å². The largest absolute Gasteiger partial charge is 0.508 e. The first-order chi connectivity index (χ1) is 33.0. The van der Waals surface area contributed by atoms with Crippen LogP contribution in [-0.2, 0) is 34.2 Å². The van der Waals surface area contributed by atoms with Crippen molar-refractivity contribution in [2.45, 2.75) is 94.3 Å². The summed E-state index contributed by atoms with van der Waals surface area (Å²) >= 11 is 0. The average molecular weight is 916 g/mol. The number of para-hydroxylation sites is 1. The molecular formula is C56H61N5O7. The fourth-order valence-electron chi connectivity index (χ4n) is 12.3. The molecule has 0 radical (unpaired) electrons. The van der Waals surface area contributed by atoms with Crippen LogP contribution in [0.2, 0.25) is 0 Å². The van der Waals surface area contributed by atoms with Crippen LogP contribution in [-0.4, -0.2) is 74.2 Å². The normalized spacial score (nSPS) is 23.7. The Bertz CT molecular complexity index is 2880. The van der Waals surface area contributed by atoms with Gasteiger partial charge in [0.05, 0.1) is 19.1 Å². The molecule has 1 spiro atoms. The second kappa shape index (κ2) is 18.4. The zero-order valence-corrected chi connectivity index (χ0v) is 39.5. The first-order valence-electron chi connectivity index (χ1n) is 24.0. The van der Waals surface area contributed by atoms with E-state index in [-0.39, 0.29) is 54.5 Å². The number of aromatic nitrogens is 1. The minimum atomic E-state index is -0.669. The molecule has 352 valence electrons. The third-order valence-corrected chi connectivity index (χ3v) is 15.1. The average Bonchev–Trinajstić information content (AvgIpc) is 3.84. The van der Waals surface area contributed by atoms with Crippen molar-refractivity contribution >= 4 is 23.6 Å². The summed E-state index contributed by atoms with van der Waals surface area (Å²) in [5, 5.41) is 33.4. The second-order valence-electron chi connectivity index (χ2n) is 19.1. The van der Waals surface area contributed by atoms with Gasteiger partial charge in [-0.3, -0.25) is 4.79 Å². The number of ether oxygens (including phenoxy) is 4. The monoisotopic (exact) mass is 915 g/mol. The number of likely N-dealkylation sites (N-methyl/N-ethyl adjacent to an activating group) is 2. The summed E-state index contributed by atoms with van der Waals surface area (Å²) in [6.45, 7) is 4.96. The summed E-state index contributed by atoms with van der Waals surface area (Å²) < 4.78 is 26.4. The molecule has 3 aliphatic heterocycles. The molecule has 2 aliphatic carbocycles. The number of pyridine rings is 1. The molecule has 68 heavy (non-hydrogen) atoms. The number of benzene rings is 4. The van der Waals surface area contributed by atoms with E-state index in [0.29, 0.717) is 41.5 Å². The van der Waals surface area contributed by atoms with Gasteiger partial charge in [0.15, 0.2) is 11.5 Å². The number of nitrogens with one attached hydrogen (secondary N) is 3. The number of aryl methyl sites for hydroxylation is 1. The fraction of sp³-hybridized carbons (Fsp3) is 0.393. The number of fused-ring (bicyclic) bond motifs is 9. The topological polar surface area (TPSA) is 169 Å². The predicted molar refractivity (Wildman–Crippen MR) is 265 cm³/mol. The van der Waals surface area contributed by atoms with Crippen LogP contribution in [0.5, 0.6) is 28.7 Å². The molecule has 0 amide bonds. The van der Waals surface area contributed by atoms with Crippen LogP contribution < -0.4 is 35.9 Å². The molecule has 1 aromatic heterocycles. The molecule has 7 atom stereocenters. The number of hydrogen-bond acceptors (Lipinski definition) is 12. The number of carbonyl (C=O) groups is 1. The number of nitrogens with two attached hydrogens (primary N) is 1. The number of nitrogen functional groups attached to an aromatic ring is 1. The van der Waals surface area contributed by atoms with E-state index in [1.165, 1.54) is 12.5 Å². The quantitative estimate of drug-likeness (QED) is 0.0553. The minimum absolute atomic E-state index is 0.00528. The summed E-state index contributed by atoms with van der Waals surface area (Å²) in [6, 6.07) is 22.1. The first-order valence-corrected chi connectivity index (χ1v) is 24.0. The number of nitrogens with zero attached hydrogens (tertiary/aromatic N) is 1. The molecule has 1 saturated carbocycles. The van der Waals surface area contributed by atoms with E-state index >= 15 is 0 Å². The number of rotatable bonds is 11. The molecule has 10 rings (SSSR count). The Labute approximate surface area is 398 Å². The molecule has 12 nitrogen and oxygen atoms in total. The molecule has 5 aliphatic rings. The van der Waals surface area contributed by atoms with Crippen LogP contribution in [0, 0.1) is 17.8 Å². The van der Waals surface area contributed by atoms with Crippen LogP contribution in [0.25, 0.3) is 17.2 Å². The molecule has 12 heteroatoms. The number of phenols is 2. The van der Waals surface area contributed by atoms with E-state index in [2.05, 4.69) is 83.3 Å². The van der Waals surface area contributed by atoms with Crippen molar-refractivity contribution in [3.8, 4) is 51.7 Å². The number of hydrogen-bond donors (Lipinski definition) is 6. The van der Waals surface area contributed by atoms with Crippen molar-refractivity contribution in [2.24, 2.45) is 5.92 Å². The third-order valence-electron chi connectivity index (χ3n) is 15.1. The lowest BCUT2D eigenvalue weighted by molar-refractivity contribution is -0.141. The summed E-state index contributed by atoms with van der Waals surface area (Å²) in [5.41, 5.74) is 17.5. The van der Waals surface area contributed by atoms with Crippen molar-refractivity contribution in [1.29, 1.82) is 0 Å². The van der Waals surface area contributed by atoms with Gasteiger partial charge in [-0.25, -0.2) is 4.98 Å². The lowest BCUT2D eigenvalue weighted by Gasteiger charge is -2.40. The Balaban J connectivity index is 1.23. The SMILES string of the molecule is CCNc1ccccc1CCC1c2ccc(N)nc2C#CCc2cc(O)c3c(c2C2Oc4c(ccc5c4C4(CCC1C4)Cc1cc(O)cc(OC)c1-5)C2COC(C)=O)C=CC(NC)C(CNC)O3. The van der Waals surface area contributed by atoms with Gasteiger partial charge < -0.3 is 50.8 Å². The molecule has 4 bridgehead atoms. The first kappa shape index (κ1) is 45.1. The van der Waals surface area contributed by atoms with E-state index in [0.717, 1.165) is 94.6 Å². The molecule has 7 N–H and O–H groups in total. The Hall–Kier alpha value is -6.68. The minimum Gasteiger partial charge on any atom is -0.508 e.